The third-order valence-electron chi connectivity index (χ3n) is 5.54. The van der Waals surface area contributed by atoms with Crippen molar-refractivity contribution in [3.05, 3.63) is 83.9 Å². The second kappa shape index (κ2) is 10.8. The molecule has 1 heterocycles. The molecule has 0 bridgehead atoms. The van der Waals surface area contributed by atoms with Crippen LogP contribution < -0.4 is 19.7 Å². The second-order valence-corrected chi connectivity index (χ2v) is 10.7. The first kappa shape index (κ1) is 24.0. The third kappa shape index (κ3) is 5.84. The molecule has 0 spiro atoms. The van der Waals surface area contributed by atoms with Crippen LogP contribution in [0.1, 0.15) is 15.9 Å². The van der Waals surface area contributed by atoms with Gasteiger partial charge in [0.05, 0.1) is 17.7 Å². The summed E-state index contributed by atoms with van der Waals surface area (Å²) in [7, 11) is -2.35. The molecule has 0 aromatic heterocycles. The molecule has 178 valence electrons. The molecule has 2 N–H and O–H groups in total. The number of benzene rings is 3. The van der Waals surface area contributed by atoms with E-state index in [1.807, 2.05) is 23.9 Å². The van der Waals surface area contributed by atoms with Gasteiger partial charge in [-0.05, 0) is 54.1 Å². The van der Waals surface area contributed by atoms with Crippen LogP contribution in [-0.4, -0.2) is 46.0 Å². The van der Waals surface area contributed by atoms with Crippen molar-refractivity contribution in [2.75, 3.05) is 41.3 Å². The Morgan fingerprint density at radius 1 is 0.971 bits per heavy atom. The van der Waals surface area contributed by atoms with Gasteiger partial charge in [0, 0.05) is 42.4 Å². The molecule has 3 aromatic carbocycles. The molecule has 9 heteroatoms. The van der Waals surface area contributed by atoms with Crippen molar-refractivity contribution >= 4 is 39.1 Å². The summed E-state index contributed by atoms with van der Waals surface area (Å²) >= 11 is 1.98. The van der Waals surface area contributed by atoms with Gasteiger partial charge in [-0.2, -0.15) is 11.8 Å². The first-order chi connectivity index (χ1) is 16.5. The van der Waals surface area contributed by atoms with Crippen LogP contribution in [0.2, 0.25) is 0 Å². The van der Waals surface area contributed by atoms with Gasteiger partial charge in [-0.1, -0.05) is 24.3 Å². The number of amides is 1. The van der Waals surface area contributed by atoms with Gasteiger partial charge in [0.1, 0.15) is 5.75 Å². The number of nitrogens with one attached hydrogen (secondary N) is 2. The highest BCUT2D eigenvalue weighted by atomic mass is 32.2. The Morgan fingerprint density at radius 3 is 2.32 bits per heavy atom. The summed E-state index contributed by atoms with van der Waals surface area (Å²) in [6.45, 7) is 2.51. The van der Waals surface area contributed by atoms with Crippen molar-refractivity contribution in [3.8, 4) is 5.75 Å². The van der Waals surface area contributed by atoms with Gasteiger partial charge >= 0.3 is 0 Å². The van der Waals surface area contributed by atoms with Gasteiger partial charge in [0.2, 0.25) is 0 Å². The molecule has 1 amide bonds. The van der Waals surface area contributed by atoms with E-state index in [9.17, 15) is 13.2 Å². The van der Waals surface area contributed by atoms with Crippen molar-refractivity contribution in [3.63, 3.8) is 0 Å². The van der Waals surface area contributed by atoms with E-state index in [4.69, 9.17) is 4.74 Å². The van der Waals surface area contributed by atoms with E-state index in [0.717, 1.165) is 30.2 Å². The van der Waals surface area contributed by atoms with Gasteiger partial charge in [-0.25, -0.2) is 8.42 Å². The minimum atomic E-state index is -3.82. The lowest BCUT2D eigenvalue weighted by Crippen LogP contribution is -2.32. The SMILES string of the molecule is COc1ccccc1NS(=O)(=O)c1ccc(C(=O)NCc2ccc(N3CCSCC3)cc2)cc1. The molecule has 1 fully saturated rings. The molecular formula is C25H27N3O4S2. The summed E-state index contributed by atoms with van der Waals surface area (Å²) < 4.78 is 33.2. The number of hydrogen-bond acceptors (Lipinski definition) is 6. The van der Waals surface area contributed by atoms with Crippen molar-refractivity contribution < 1.29 is 17.9 Å². The molecule has 1 saturated heterocycles. The standard InChI is InChI=1S/C25H27N3O4S2/c1-32-24-5-3-2-4-23(24)27-34(30,31)22-12-8-20(9-13-22)25(29)26-18-19-6-10-21(11-7-19)28-14-16-33-17-15-28/h2-13,27H,14-18H2,1H3,(H,26,29). The highest BCUT2D eigenvalue weighted by molar-refractivity contribution is 7.99. The van der Waals surface area contributed by atoms with E-state index in [1.54, 1.807) is 24.3 Å². The molecule has 3 aromatic rings. The molecule has 0 unspecified atom stereocenters. The largest absolute Gasteiger partial charge is 0.495 e. The van der Waals surface area contributed by atoms with Crippen LogP contribution >= 0.6 is 11.8 Å². The number of hydrogen-bond donors (Lipinski definition) is 2. The summed E-state index contributed by atoms with van der Waals surface area (Å²) in [4.78, 5) is 15.0. The summed E-state index contributed by atoms with van der Waals surface area (Å²) in [6, 6.07) is 20.8. The molecular weight excluding hydrogens is 470 g/mol. The lowest BCUT2D eigenvalue weighted by molar-refractivity contribution is 0.0951. The molecule has 0 saturated carbocycles. The topological polar surface area (TPSA) is 87.7 Å². The Hall–Kier alpha value is -3.17. The maximum absolute atomic E-state index is 12.7. The number of carbonyl (C=O) groups is 1. The first-order valence-electron chi connectivity index (χ1n) is 10.9. The maximum atomic E-state index is 12.7. The Balaban J connectivity index is 1.35. The number of sulfonamides is 1. The Bertz CT molecular complexity index is 1220. The van der Waals surface area contributed by atoms with E-state index in [1.165, 1.54) is 37.1 Å². The number of nitrogens with zero attached hydrogens (tertiary/aromatic N) is 1. The van der Waals surface area contributed by atoms with Crippen LogP contribution in [0.3, 0.4) is 0 Å². The van der Waals surface area contributed by atoms with Crippen molar-refractivity contribution in [1.29, 1.82) is 0 Å². The summed E-state index contributed by atoms with van der Waals surface area (Å²) in [5.41, 5.74) is 2.94. The van der Waals surface area contributed by atoms with Crippen LogP contribution in [0.5, 0.6) is 5.75 Å². The van der Waals surface area contributed by atoms with Crippen LogP contribution in [0, 0.1) is 0 Å². The van der Waals surface area contributed by atoms with Crippen LogP contribution in [0.15, 0.2) is 77.7 Å². The molecule has 1 aliphatic heterocycles. The molecule has 7 nitrogen and oxygen atoms in total. The van der Waals surface area contributed by atoms with Crippen LogP contribution in [-0.2, 0) is 16.6 Å². The smallest absolute Gasteiger partial charge is 0.262 e. The average molecular weight is 498 g/mol. The number of rotatable bonds is 8. The van der Waals surface area contributed by atoms with E-state index < -0.39 is 10.0 Å². The molecule has 1 aliphatic rings. The van der Waals surface area contributed by atoms with Crippen LogP contribution in [0.4, 0.5) is 11.4 Å². The second-order valence-electron chi connectivity index (χ2n) is 7.78. The molecule has 0 atom stereocenters. The van der Waals surface area contributed by atoms with Crippen molar-refractivity contribution in [2.24, 2.45) is 0 Å². The van der Waals surface area contributed by atoms with Gasteiger partial charge < -0.3 is 15.0 Å². The average Bonchev–Trinajstić information content (AvgIpc) is 2.88. The van der Waals surface area contributed by atoms with Gasteiger partial charge in [-0.15, -0.1) is 0 Å². The van der Waals surface area contributed by atoms with E-state index >= 15 is 0 Å². The fourth-order valence-corrected chi connectivity index (χ4v) is 5.62. The lowest BCUT2D eigenvalue weighted by Gasteiger charge is -2.28. The molecule has 34 heavy (non-hydrogen) atoms. The summed E-state index contributed by atoms with van der Waals surface area (Å²) in [6.07, 6.45) is 0. The Labute approximate surface area is 204 Å². The van der Waals surface area contributed by atoms with Gasteiger partial charge in [0.25, 0.3) is 15.9 Å². The number of para-hydroxylation sites is 2. The number of carbonyl (C=O) groups excluding carboxylic acids is 1. The zero-order chi connectivity index (χ0) is 24.0. The predicted molar refractivity (Wildman–Crippen MR) is 137 cm³/mol. The van der Waals surface area contributed by atoms with Gasteiger partial charge in [-0.3, -0.25) is 9.52 Å². The molecule has 0 radical (unpaired) electrons. The Morgan fingerprint density at radius 2 is 1.65 bits per heavy atom. The highest BCUT2D eigenvalue weighted by Gasteiger charge is 2.17. The van der Waals surface area contributed by atoms with E-state index in [2.05, 4.69) is 27.1 Å². The number of thioether (sulfide) groups is 1. The fourth-order valence-electron chi connectivity index (χ4n) is 3.65. The number of ether oxygens (including phenoxy) is 1. The third-order valence-corrected chi connectivity index (χ3v) is 7.87. The zero-order valence-corrected chi connectivity index (χ0v) is 20.5. The van der Waals surface area contributed by atoms with E-state index in [0.29, 0.717) is 23.5 Å². The van der Waals surface area contributed by atoms with Crippen molar-refractivity contribution in [1.82, 2.24) is 5.32 Å². The Kier molecular flexibility index (Phi) is 7.64. The summed E-state index contributed by atoms with van der Waals surface area (Å²) in [5.74, 6) is 2.45. The normalized spacial score (nSPS) is 13.9. The molecule has 4 rings (SSSR count). The van der Waals surface area contributed by atoms with Crippen molar-refractivity contribution in [2.45, 2.75) is 11.4 Å². The monoisotopic (exact) mass is 497 g/mol. The van der Waals surface area contributed by atoms with Gasteiger partial charge in [0.15, 0.2) is 0 Å². The maximum Gasteiger partial charge on any atom is 0.262 e. The lowest BCUT2D eigenvalue weighted by atomic mass is 10.1. The predicted octanol–water partition coefficient (Wildman–Crippen LogP) is 3.98. The van der Waals surface area contributed by atoms with Crippen LogP contribution in [0.25, 0.3) is 0 Å². The number of anilines is 2. The number of methoxy groups -OCH3 is 1. The highest BCUT2D eigenvalue weighted by Crippen LogP contribution is 2.26. The zero-order valence-electron chi connectivity index (χ0n) is 18.9. The summed E-state index contributed by atoms with van der Waals surface area (Å²) in [5, 5.41) is 2.89. The minimum Gasteiger partial charge on any atom is -0.495 e. The quantitative estimate of drug-likeness (QED) is 0.490. The first-order valence-corrected chi connectivity index (χ1v) is 13.6. The van der Waals surface area contributed by atoms with E-state index in [-0.39, 0.29) is 10.8 Å². The fraction of sp³-hybridized carbons (Fsp3) is 0.240. The minimum absolute atomic E-state index is 0.0571. The molecule has 0 aliphatic carbocycles.